The lowest BCUT2D eigenvalue weighted by molar-refractivity contribution is -0.746. The lowest BCUT2D eigenvalue weighted by Crippen LogP contribution is -2.42. The molecule has 1 atom stereocenters. The topological polar surface area (TPSA) is 144 Å². The van der Waals surface area contributed by atoms with E-state index in [2.05, 4.69) is 20.3 Å². The molecule has 0 saturated carbocycles. The third-order valence-corrected chi connectivity index (χ3v) is 6.57. The fourth-order valence-corrected chi connectivity index (χ4v) is 4.46. The van der Waals surface area contributed by atoms with Crippen molar-refractivity contribution in [2.24, 2.45) is 12.0 Å². The van der Waals surface area contributed by atoms with E-state index in [9.17, 15) is 19.5 Å². The first kappa shape index (κ1) is 27.4. The number of amides is 2. The van der Waals surface area contributed by atoms with Gasteiger partial charge in [-0.05, 0) is 59.6 Å². The number of carbonyl (C=O) groups excluding carboxylic acids is 3. The number of rotatable bonds is 9. The molecule has 2 aromatic carbocycles. The maximum absolute atomic E-state index is 13.2. The highest BCUT2D eigenvalue weighted by molar-refractivity contribution is 7.80. The Labute approximate surface area is 229 Å². The second kappa shape index (κ2) is 11.8. The van der Waals surface area contributed by atoms with Gasteiger partial charge >= 0.3 is 11.9 Å². The number of aliphatic imine (C=N–C) groups is 1. The van der Waals surface area contributed by atoms with Crippen molar-refractivity contribution in [2.75, 3.05) is 19.0 Å². The maximum Gasteiger partial charge on any atom is 0.337 e. The van der Waals surface area contributed by atoms with Crippen LogP contribution in [0.5, 0.6) is 0 Å². The Bertz CT molecular complexity index is 1420. The van der Waals surface area contributed by atoms with Crippen LogP contribution in [0.2, 0.25) is 0 Å². The molecule has 1 N–H and O–H groups in total. The summed E-state index contributed by atoms with van der Waals surface area (Å²) in [5, 5.41) is 19.5. The highest BCUT2D eigenvalue weighted by Gasteiger charge is 2.44. The number of hydrogen-bond donors (Lipinski definition) is 1. The van der Waals surface area contributed by atoms with Gasteiger partial charge in [0, 0.05) is 12.2 Å². The van der Waals surface area contributed by atoms with E-state index in [1.807, 2.05) is 0 Å². The van der Waals surface area contributed by atoms with Crippen molar-refractivity contribution in [2.45, 2.75) is 25.9 Å². The Morgan fingerprint density at radius 2 is 1.87 bits per heavy atom. The Kier molecular flexibility index (Phi) is 8.30. The molecule has 12 nitrogen and oxygen atoms in total. The Morgan fingerprint density at radius 1 is 1.18 bits per heavy atom. The van der Waals surface area contributed by atoms with Crippen molar-refractivity contribution in [3.05, 3.63) is 71.4 Å². The van der Waals surface area contributed by atoms with Gasteiger partial charge in [0.1, 0.15) is 12.6 Å². The quantitative estimate of drug-likeness (QED) is 0.136. The van der Waals surface area contributed by atoms with E-state index in [1.165, 1.54) is 28.8 Å². The van der Waals surface area contributed by atoms with Crippen LogP contribution >= 0.6 is 12.2 Å². The number of thiocarbonyl (C=S) groups is 1. The number of anilines is 1. The molecular weight excluding hydrogens is 524 g/mol. The van der Waals surface area contributed by atoms with Crippen LogP contribution in [-0.4, -0.2) is 63.6 Å². The van der Waals surface area contributed by atoms with E-state index in [0.29, 0.717) is 29.1 Å². The fourth-order valence-electron chi connectivity index (χ4n) is 4.05. The second-order valence-corrected chi connectivity index (χ2v) is 8.93. The molecule has 202 valence electrons. The first-order chi connectivity index (χ1) is 18.7. The summed E-state index contributed by atoms with van der Waals surface area (Å²) in [6, 6.07) is 13.8. The highest BCUT2D eigenvalue weighted by atomic mass is 32.1. The Balaban J connectivity index is 1.54. The standard InChI is InChI=1S/C26H26N6O6S/c1-4-31-24(35)19(14-21(33)27-18-12-10-17(11-13-18)25(36)37-3)32(26(31)39)15-20-23(38-29-30(20)2)28-22(34)16-8-6-5-7-9-16/h5-13,19H,4,14-15H2,1-3H3,(H-,27,28,29,33,34,36). The average molecular weight is 551 g/mol. The molecule has 0 radical (unpaired) electrons. The minimum absolute atomic E-state index is 0.0216. The number of benzene rings is 2. The van der Waals surface area contributed by atoms with Crippen molar-refractivity contribution < 1.29 is 33.4 Å². The van der Waals surface area contributed by atoms with Crippen LogP contribution in [-0.2, 0) is 27.9 Å². The zero-order chi connectivity index (χ0) is 28.1. The van der Waals surface area contributed by atoms with E-state index in [-0.39, 0.29) is 29.9 Å². The SMILES string of the molecule is CCN1C(=O)C(CC(=O)Nc2ccc(C(=O)OC)cc2)N(Cc2c(/N=C(\[O-])c3ccccc3)on[n+]2C)C1=S. The number of aromatic nitrogens is 2. The monoisotopic (exact) mass is 550 g/mol. The van der Waals surface area contributed by atoms with Crippen LogP contribution < -0.4 is 15.1 Å². The molecule has 3 aromatic rings. The third kappa shape index (κ3) is 5.93. The third-order valence-electron chi connectivity index (χ3n) is 6.12. The predicted octanol–water partition coefficient (Wildman–Crippen LogP) is 1.07. The molecule has 1 aromatic heterocycles. The number of methoxy groups -OCH3 is 1. The second-order valence-electron chi connectivity index (χ2n) is 8.56. The summed E-state index contributed by atoms with van der Waals surface area (Å²) < 4.78 is 11.4. The van der Waals surface area contributed by atoms with E-state index < -0.39 is 23.8 Å². The van der Waals surface area contributed by atoms with Gasteiger partial charge in [-0.25, -0.2) is 9.79 Å². The molecular formula is C26H26N6O6S. The number of ether oxygens (including phenoxy) is 1. The number of hydrogen-bond acceptors (Lipinski definition) is 9. The van der Waals surface area contributed by atoms with Crippen LogP contribution in [0.1, 0.15) is 35.0 Å². The largest absolute Gasteiger partial charge is 0.858 e. The van der Waals surface area contributed by atoms with Crippen LogP contribution in [0.4, 0.5) is 11.6 Å². The summed E-state index contributed by atoms with van der Waals surface area (Å²) in [5.41, 5.74) is 1.56. The zero-order valence-corrected chi connectivity index (χ0v) is 22.3. The lowest BCUT2D eigenvalue weighted by Gasteiger charge is -2.21. The molecule has 1 fully saturated rings. The summed E-state index contributed by atoms with van der Waals surface area (Å²) in [4.78, 5) is 44.9. The van der Waals surface area contributed by atoms with Gasteiger partial charge in [-0.2, -0.15) is 0 Å². The van der Waals surface area contributed by atoms with Gasteiger partial charge in [0.05, 0.1) is 19.1 Å². The van der Waals surface area contributed by atoms with Gasteiger partial charge in [-0.3, -0.25) is 19.0 Å². The number of aryl methyl sites for hydroxylation is 1. The van der Waals surface area contributed by atoms with Crippen LogP contribution in [0.3, 0.4) is 0 Å². The average Bonchev–Trinajstić information content (AvgIpc) is 3.39. The van der Waals surface area contributed by atoms with E-state index >= 15 is 0 Å². The molecule has 0 aliphatic carbocycles. The molecule has 4 rings (SSSR count). The number of nitrogens with zero attached hydrogens (tertiary/aromatic N) is 5. The molecule has 13 heteroatoms. The molecule has 0 bridgehead atoms. The van der Waals surface area contributed by atoms with Gasteiger partial charge < -0.3 is 20.1 Å². The number of nitrogens with one attached hydrogen (secondary N) is 1. The smallest absolute Gasteiger partial charge is 0.337 e. The first-order valence-corrected chi connectivity index (χ1v) is 12.4. The lowest BCUT2D eigenvalue weighted by atomic mass is 10.1. The minimum atomic E-state index is -0.903. The van der Waals surface area contributed by atoms with Crippen molar-refractivity contribution in [3.63, 3.8) is 0 Å². The molecule has 2 heterocycles. The predicted molar refractivity (Wildman–Crippen MR) is 141 cm³/mol. The first-order valence-electron chi connectivity index (χ1n) is 12.0. The van der Waals surface area contributed by atoms with Crippen LogP contribution in [0.15, 0.2) is 64.1 Å². The summed E-state index contributed by atoms with van der Waals surface area (Å²) in [7, 11) is 2.90. The number of carbonyl (C=O) groups is 3. The molecule has 39 heavy (non-hydrogen) atoms. The minimum Gasteiger partial charge on any atom is -0.858 e. The van der Waals surface area contributed by atoms with Crippen molar-refractivity contribution in [1.29, 1.82) is 0 Å². The number of esters is 1. The fraction of sp³-hybridized carbons (Fsp3) is 0.269. The summed E-state index contributed by atoms with van der Waals surface area (Å²) in [5.74, 6) is -1.78. The Morgan fingerprint density at radius 3 is 2.51 bits per heavy atom. The summed E-state index contributed by atoms with van der Waals surface area (Å²) in [6.45, 7) is 2.13. The van der Waals surface area contributed by atoms with Crippen molar-refractivity contribution in [1.82, 2.24) is 15.1 Å². The van der Waals surface area contributed by atoms with Gasteiger partial charge in [0.2, 0.25) is 11.2 Å². The highest BCUT2D eigenvalue weighted by Crippen LogP contribution is 2.26. The normalized spacial score (nSPS) is 15.6. The van der Waals surface area contributed by atoms with Crippen molar-refractivity contribution in [3.8, 4) is 0 Å². The van der Waals surface area contributed by atoms with E-state index in [4.69, 9.17) is 16.7 Å². The summed E-state index contributed by atoms with van der Waals surface area (Å²) >= 11 is 5.57. The van der Waals surface area contributed by atoms with E-state index in [1.54, 1.807) is 61.3 Å². The molecule has 2 amide bonds. The van der Waals surface area contributed by atoms with Crippen LogP contribution in [0.25, 0.3) is 0 Å². The maximum atomic E-state index is 13.2. The van der Waals surface area contributed by atoms with Gasteiger partial charge in [-0.1, -0.05) is 30.3 Å². The van der Waals surface area contributed by atoms with Crippen LogP contribution in [0, 0.1) is 0 Å². The van der Waals surface area contributed by atoms with E-state index in [0.717, 1.165) is 0 Å². The van der Waals surface area contributed by atoms with Gasteiger partial charge in [0.25, 0.3) is 11.6 Å². The van der Waals surface area contributed by atoms with Crippen molar-refractivity contribution >= 4 is 52.6 Å². The Hall–Kier alpha value is -4.65. The molecule has 0 spiro atoms. The number of likely N-dealkylation sites (N-methyl/N-ethyl adjacent to an activating group) is 1. The van der Waals surface area contributed by atoms with Gasteiger partial charge in [-0.15, -0.1) is 0 Å². The van der Waals surface area contributed by atoms with Gasteiger partial charge in [0.15, 0.2) is 12.2 Å². The summed E-state index contributed by atoms with van der Waals surface area (Å²) in [6.07, 6.45) is -0.196. The molecule has 1 aliphatic rings. The molecule has 1 unspecified atom stereocenters. The zero-order valence-electron chi connectivity index (χ0n) is 21.5. The molecule has 1 aliphatic heterocycles. The molecule has 1 saturated heterocycles.